The van der Waals surface area contributed by atoms with Crippen LogP contribution in [0, 0.1) is 5.92 Å². The molecule has 0 aromatic heterocycles. The number of amides is 1. The second-order valence-corrected chi connectivity index (χ2v) is 5.61. The van der Waals surface area contributed by atoms with Crippen LogP contribution < -0.4 is 15.5 Å². The summed E-state index contributed by atoms with van der Waals surface area (Å²) in [6.45, 7) is 4.12. The van der Waals surface area contributed by atoms with E-state index in [1.54, 1.807) is 0 Å². The number of hydrogen-bond donors (Lipinski definition) is 2. The number of carbonyl (C=O) groups excluding carboxylic acids is 1. The van der Waals surface area contributed by atoms with Crippen LogP contribution >= 0.6 is 0 Å². The summed E-state index contributed by atoms with van der Waals surface area (Å²) in [5, 5.41) is 6.44. The highest BCUT2D eigenvalue weighted by Crippen LogP contribution is 2.13. The molecule has 4 nitrogen and oxygen atoms in total. The zero-order valence-corrected chi connectivity index (χ0v) is 11.9. The van der Waals surface area contributed by atoms with Gasteiger partial charge in [0.05, 0.1) is 0 Å². The number of carbonyl (C=O) groups is 1. The Balaban J connectivity index is 1.95. The van der Waals surface area contributed by atoms with E-state index in [0.717, 1.165) is 30.8 Å². The lowest BCUT2D eigenvalue weighted by Gasteiger charge is -2.28. The fourth-order valence-electron chi connectivity index (χ4n) is 2.45. The molecular formula is C15H23N3O. The van der Waals surface area contributed by atoms with Crippen LogP contribution in [0.25, 0.3) is 0 Å². The van der Waals surface area contributed by atoms with Crippen LogP contribution in [0.1, 0.15) is 23.7 Å². The van der Waals surface area contributed by atoms with Crippen LogP contribution in [-0.2, 0) is 0 Å². The van der Waals surface area contributed by atoms with E-state index >= 15 is 0 Å². The molecule has 1 fully saturated rings. The number of piperidine rings is 1. The van der Waals surface area contributed by atoms with Crippen LogP contribution in [0.5, 0.6) is 0 Å². The monoisotopic (exact) mass is 261 g/mol. The lowest BCUT2D eigenvalue weighted by Crippen LogP contribution is -2.48. The predicted molar refractivity (Wildman–Crippen MR) is 78.7 cm³/mol. The van der Waals surface area contributed by atoms with Crippen molar-refractivity contribution in [3.05, 3.63) is 29.8 Å². The third-order valence-corrected chi connectivity index (χ3v) is 3.55. The van der Waals surface area contributed by atoms with Crippen molar-refractivity contribution in [2.75, 3.05) is 32.1 Å². The summed E-state index contributed by atoms with van der Waals surface area (Å²) in [7, 11) is 3.98. The first-order valence-corrected chi connectivity index (χ1v) is 6.85. The normalized spacial score (nSPS) is 22.9. The maximum absolute atomic E-state index is 12.1. The molecule has 2 atom stereocenters. The van der Waals surface area contributed by atoms with Gasteiger partial charge in [-0.25, -0.2) is 0 Å². The molecule has 1 amide bonds. The topological polar surface area (TPSA) is 44.4 Å². The molecule has 2 N–H and O–H groups in total. The second kappa shape index (κ2) is 6.06. The third-order valence-electron chi connectivity index (χ3n) is 3.55. The van der Waals surface area contributed by atoms with E-state index in [4.69, 9.17) is 0 Å². The maximum Gasteiger partial charge on any atom is 0.251 e. The number of nitrogens with zero attached hydrogens (tertiary/aromatic N) is 1. The Morgan fingerprint density at radius 1 is 1.26 bits per heavy atom. The van der Waals surface area contributed by atoms with Crippen LogP contribution in [0.4, 0.5) is 5.69 Å². The van der Waals surface area contributed by atoms with E-state index in [0.29, 0.717) is 5.92 Å². The van der Waals surface area contributed by atoms with E-state index in [1.165, 1.54) is 0 Å². The average molecular weight is 261 g/mol. The molecule has 1 aliphatic rings. The second-order valence-electron chi connectivity index (χ2n) is 5.61. The highest BCUT2D eigenvalue weighted by Gasteiger charge is 2.20. The van der Waals surface area contributed by atoms with Gasteiger partial charge in [0.2, 0.25) is 0 Å². The summed E-state index contributed by atoms with van der Waals surface area (Å²) in [4.78, 5) is 14.2. The molecule has 2 unspecified atom stereocenters. The molecule has 19 heavy (non-hydrogen) atoms. The fourth-order valence-corrected chi connectivity index (χ4v) is 2.45. The Morgan fingerprint density at radius 2 is 1.95 bits per heavy atom. The Hall–Kier alpha value is -1.55. The standard InChI is InChI=1S/C15H23N3O/c1-11-8-13(10-16-9-11)17-15(19)12-4-6-14(7-5-12)18(2)3/h4-7,11,13,16H,8-10H2,1-3H3,(H,17,19). The average Bonchev–Trinajstić information content (AvgIpc) is 2.39. The van der Waals surface area contributed by atoms with Crippen molar-refractivity contribution in [1.29, 1.82) is 0 Å². The fraction of sp³-hybridized carbons (Fsp3) is 0.533. The molecule has 1 aromatic rings. The number of hydrogen-bond acceptors (Lipinski definition) is 3. The Kier molecular flexibility index (Phi) is 4.43. The molecule has 0 saturated carbocycles. The van der Waals surface area contributed by atoms with Gasteiger partial charge in [-0.15, -0.1) is 0 Å². The summed E-state index contributed by atoms with van der Waals surface area (Å²) < 4.78 is 0. The van der Waals surface area contributed by atoms with Gasteiger partial charge in [-0.2, -0.15) is 0 Å². The minimum atomic E-state index is 0.0196. The molecule has 1 aromatic carbocycles. The summed E-state index contributed by atoms with van der Waals surface area (Å²) in [5.41, 5.74) is 1.83. The highest BCUT2D eigenvalue weighted by atomic mass is 16.1. The lowest BCUT2D eigenvalue weighted by atomic mass is 9.97. The third kappa shape index (κ3) is 3.70. The minimum Gasteiger partial charge on any atom is -0.378 e. The van der Waals surface area contributed by atoms with Crippen LogP contribution in [-0.4, -0.2) is 39.1 Å². The molecule has 1 aliphatic heterocycles. The first-order chi connectivity index (χ1) is 9.06. The van der Waals surface area contributed by atoms with E-state index in [1.807, 2.05) is 43.3 Å². The molecule has 1 saturated heterocycles. The summed E-state index contributed by atoms with van der Waals surface area (Å²) in [6.07, 6.45) is 1.05. The summed E-state index contributed by atoms with van der Waals surface area (Å²) >= 11 is 0. The molecule has 4 heteroatoms. The van der Waals surface area contributed by atoms with Crippen LogP contribution in [0.3, 0.4) is 0 Å². The molecule has 0 aliphatic carbocycles. The van der Waals surface area contributed by atoms with Gasteiger partial charge in [0.25, 0.3) is 5.91 Å². The van der Waals surface area contributed by atoms with Gasteiger partial charge >= 0.3 is 0 Å². The molecule has 104 valence electrons. The van der Waals surface area contributed by atoms with E-state index in [9.17, 15) is 4.79 Å². The lowest BCUT2D eigenvalue weighted by molar-refractivity contribution is 0.0925. The van der Waals surface area contributed by atoms with Gasteiger partial charge < -0.3 is 15.5 Å². The maximum atomic E-state index is 12.1. The SMILES string of the molecule is CC1CNCC(NC(=O)c2ccc(N(C)C)cc2)C1. The number of nitrogens with one attached hydrogen (secondary N) is 2. The minimum absolute atomic E-state index is 0.0196. The molecule has 0 radical (unpaired) electrons. The number of benzene rings is 1. The zero-order chi connectivity index (χ0) is 13.8. The van der Waals surface area contributed by atoms with Crippen molar-refractivity contribution in [2.24, 2.45) is 5.92 Å². The predicted octanol–water partition coefficient (Wildman–Crippen LogP) is 1.48. The van der Waals surface area contributed by atoms with Gasteiger partial charge in [-0.05, 0) is 43.1 Å². The van der Waals surface area contributed by atoms with Crippen LogP contribution in [0.15, 0.2) is 24.3 Å². The van der Waals surface area contributed by atoms with Gasteiger partial charge in [-0.3, -0.25) is 4.79 Å². The summed E-state index contributed by atoms with van der Waals surface area (Å²) in [5.74, 6) is 0.640. The Morgan fingerprint density at radius 3 is 2.53 bits per heavy atom. The van der Waals surface area contributed by atoms with Crippen molar-refractivity contribution in [3.8, 4) is 0 Å². The summed E-state index contributed by atoms with van der Waals surface area (Å²) in [6, 6.07) is 7.94. The van der Waals surface area contributed by atoms with Crippen molar-refractivity contribution in [2.45, 2.75) is 19.4 Å². The Labute approximate surface area is 115 Å². The van der Waals surface area contributed by atoms with E-state index < -0.39 is 0 Å². The molecule has 1 heterocycles. The first-order valence-electron chi connectivity index (χ1n) is 6.85. The molecular weight excluding hydrogens is 238 g/mol. The first kappa shape index (κ1) is 13.9. The smallest absolute Gasteiger partial charge is 0.251 e. The van der Waals surface area contributed by atoms with Gasteiger partial charge in [0, 0.05) is 37.9 Å². The molecule has 2 rings (SSSR count). The van der Waals surface area contributed by atoms with E-state index in [2.05, 4.69) is 17.6 Å². The number of rotatable bonds is 3. The quantitative estimate of drug-likeness (QED) is 0.866. The van der Waals surface area contributed by atoms with Gasteiger partial charge in [0.1, 0.15) is 0 Å². The van der Waals surface area contributed by atoms with Gasteiger partial charge in [-0.1, -0.05) is 6.92 Å². The number of anilines is 1. The largest absolute Gasteiger partial charge is 0.378 e. The van der Waals surface area contributed by atoms with Crippen molar-refractivity contribution in [1.82, 2.24) is 10.6 Å². The van der Waals surface area contributed by atoms with Crippen molar-refractivity contribution in [3.63, 3.8) is 0 Å². The van der Waals surface area contributed by atoms with Crippen molar-refractivity contribution >= 4 is 11.6 Å². The zero-order valence-electron chi connectivity index (χ0n) is 11.9. The van der Waals surface area contributed by atoms with Crippen molar-refractivity contribution < 1.29 is 4.79 Å². The van der Waals surface area contributed by atoms with Gasteiger partial charge in [0.15, 0.2) is 0 Å². The van der Waals surface area contributed by atoms with E-state index in [-0.39, 0.29) is 11.9 Å². The van der Waals surface area contributed by atoms with Crippen LogP contribution in [0.2, 0.25) is 0 Å². The highest BCUT2D eigenvalue weighted by molar-refractivity contribution is 5.94. The Bertz CT molecular complexity index is 428. The molecule has 0 bridgehead atoms. The molecule has 0 spiro atoms.